The zero-order valence-corrected chi connectivity index (χ0v) is 10.8. The molecule has 0 bridgehead atoms. The number of rotatable bonds is 3. The average Bonchev–Trinajstić information content (AvgIpc) is 2.09. The normalized spacial score (nSPS) is 24.9. The zero-order chi connectivity index (χ0) is 11.6. The lowest BCUT2D eigenvalue weighted by Crippen LogP contribution is -2.46. The molecule has 0 radical (unpaired) electrons. The molecule has 15 heavy (non-hydrogen) atoms. The second-order valence-electron chi connectivity index (χ2n) is 5.96. The Balaban J connectivity index is 2.55. The first-order chi connectivity index (χ1) is 6.83. The molecule has 1 rings (SSSR count). The Hall–Kier alpha value is -0.370. The monoisotopic (exact) mass is 211 g/mol. The van der Waals surface area contributed by atoms with E-state index in [-0.39, 0.29) is 0 Å². The van der Waals surface area contributed by atoms with Crippen LogP contribution in [0, 0.1) is 11.3 Å². The largest absolute Gasteiger partial charge is 0.300 e. The molecule has 0 aromatic carbocycles. The van der Waals surface area contributed by atoms with E-state index in [2.05, 4.69) is 39.5 Å². The summed E-state index contributed by atoms with van der Waals surface area (Å²) >= 11 is 0. The summed E-state index contributed by atoms with van der Waals surface area (Å²) in [5.41, 5.74) is 0.342. The van der Waals surface area contributed by atoms with Crippen molar-refractivity contribution in [2.75, 3.05) is 13.1 Å². The Labute approximate surface area is 94.0 Å². The standard InChI is InChI=1S/C13H25NO/c1-10(2)13(4,5)9-14-7-6-12(15)8-11(14)3/h10-11H,6-9H2,1-5H3. The molecule has 1 saturated heterocycles. The molecule has 0 spiro atoms. The first-order valence-electron chi connectivity index (χ1n) is 6.08. The number of hydrogen-bond acceptors (Lipinski definition) is 2. The van der Waals surface area contributed by atoms with E-state index in [0.29, 0.717) is 23.2 Å². The van der Waals surface area contributed by atoms with E-state index in [0.717, 1.165) is 25.9 Å². The number of likely N-dealkylation sites (tertiary alicyclic amines) is 1. The molecule has 0 saturated carbocycles. The third kappa shape index (κ3) is 3.30. The van der Waals surface area contributed by atoms with E-state index in [1.165, 1.54) is 0 Å². The van der Waals surface area contributed by atoms with Gasteiger partial charge in [-0.3, -0.25) is 9.69 Å². The van der Waals surface area contributed by atoms with Crippen molar-refractivity contribution in [3.8, 4) is 0 Å². The molecule has 1 heterocycles. The van der Waals surface area contributed by atoms with Crippen LogP contribution < -0.4 is 0 Å². The first-order valence-corrected chi connectivity index (χ1v) is 6.08. The lowest BCUT2D eigenvalue weighted by atomic mass is 9.80. The Morgan fingerprint density at radius 2 is 2.07 bits per heavy atom. The smallest absolute Gasteiger partial charge is 0.135 e. The second kappa shape index (κ2) is 4.65. The number of carbonyl (C=O) groups is 1. The van der Waals surface area contributed by atoms with Gasteiger partial charge in [0.05, 0.1) is 0 Å². The van der Waals surface area contributed by atoms with Crippen LogP contribution in [0.4, 0.5) is 0 Å². The van der Waals surface area contributed by atoms with Gasteiger partial charge in [-0.25, -0.2) is 0 Å². The molecule has 88 valence electrons. The molecule has 0 N–H and O–H groups in total. The van der Waals surface area contributed by atoms with E-state index in [1.54, 1.807) is 0 Å². The van der Waals surface area contributed by atoms with Crippen LogP contribution in [0.2, 0.25) is 0 Å². The SMILES string of the molecule is CC1CC(=O)CCN1CC(C)(C)C(C)C. The summed E-state index contributed by atoms with van der Waals surface area (Å²) in [5, 5.41) is 0. The number of piperidine rings is 1. The van der Waals surface area contributed by atoms with Crippen LogP contribution in [0.25, 0.3) is 0 Å². The fourth-order valence-electron chi connectivity index (χ4n) is 1.99. The maximum Gasteiger partial charge on any atom is 0.135 e. The van der Waals surface area contributed by atoms with Crippen molar-refractivity contribution in [2.24, 2.45) is 11.3 Å². The number of carbonyl (C=O) groups excluding carboxylic acids is 1. The molecular weight excluding hydrogens is 186 g/mol. The van der Waals surface area contributed by atoms with Crippen molar-refractivity contribution in [2.45, 2.75) is 53.5 Å². The predicted octanol–water partition coefficient (Wildman–Crippen LogP) is 2.72. The summed E-state index contributed by atoms with van der Waals surface area (Å²) in [4.78, 5) is 13.8. The van der Waals surface area contributed by atoms with Gasteiger partial charge in [0.2, 0.25) is 0 Å². The van der Waals surface area contributed by atoms with Gasteiger partial charge >= 0.3 is 0 Å². The van der Waals surface area contributed by atoms with Crippen LogP contribution in [-0.4, -0.2) is 29.8 Å². The zero-order valence-electron chi connectivity index (χ0n) is 10.8. The van der Waals surface area contributed by atoms with Gasteiger partial charge in [0.1, 0.15) is 5.78 Å². The minimum absolute atomic E-state index is 0.342. The van der Waals surface area contributed by atoms with Crippen molar-refractivity contribution >= 4 is 5.78 Å². The van der Waals surface area contributed by atoms with Gasteiger partial charge in [0, 0.05) is 32.0 Å². The number of nitrogens with zero attached hydrogens (tertiary/aromatic N) is 1. The van der Waals surface area contributed by atoms with Gasteiger partial charge in [0.15, 0.2) is 0 Å². The predicted molar refractivity (Wildman–Crippen MR) is 63.9 cm³/mol. The minimum Gasteiger partial charge on any atom is -0.300 e. The van der Waals surface area contributed by atoms with Gasteiger partial charge in [0.25, 0.3) is 0 Å². The van der Waals surface area contributed by atoms with Gasteiger partial charge in [-0.1, -0.05) is 27.7 Å². The molecule has 0 aromatic rings. The van der Waals surface area contributed by atoms with E-state index >= 15 is 0 Å². The molecule has 2 nitrogen and oxygen atoms in total. The molecule has 0 amide bonds. The third-order valence-corrected chi connectivity index (χ3v) is 4.00. The van der Waals surface area contributed by atoms with Crippen LogP contribution in [-0.2, 0) is 4.79 Å². The fourth-order valence-corrected chi connectivity index (χ4v) is 1.99. The Kier molecular flexibility index (Phi) is 3.93. The summed E-state index contributed by atoms with van der Waals surface area (Å²) in [6.45, 7) is 13.4. The highest BCUT2D eigenvalue weighted by atomic mass is 16.1. The number of Topliss-reactive ketones (excluding diaryl/α,β-unsaturated/α-hetero) is 1. The summed E-state index contributed by atoms with van der Waals surface area (Å²) in [6.07, 6.45) is 1.49. The summed E-state index contributed by atoms with van der Waals surface area (Å²) in [6, 6.07) is 0.435. The maximum absolute atomic E-state index is 11.3. The van der Waals surface area contributed by atoms with Crippen molar-refractivity contribution < 1.29 is 4.79 Å². The molecule has 1 fully saturated rings. The highest BCUT2D eigenvalue weighted by Gasteiger charge is 2.30. The summed E-state index contributed by atoms with van der Waals surface area (Å²) < 4.78 is 0. The van der Waals surface area contributed by atoms with Crippen LogP contribution >= 0.6 is 0 Å². The highest BCUT2D eigenvalue weighted by Crippen LogP contribution is 2.29. The fraction of sp³-hybridized carbons (Fsp3) is 0.923. The molecule has 1 aliphatic rings. The topological polar surface area (TPSA) is 20.3 Å². The molecule has 1 unspecified atom stereocenters. The number of ketones is 1. The highest BCUT2D eigenvalue weighted by molar-refractivity contribution is 5.79. The Morgan fingerprint density at radius 1 is 1.47 bits per heavy atom. The lowest BCUT2D eigenvalue weighted by Gasteiger charge is -2.40. The van der Waals surface area contributed by atoms with Crippen molar-refractivity contribution in [1.29, 1.82) is 0 Å². The molecule has 1 atom stereocenters. The molecule has 2 heteroatoms. The van der Waals surface area contributed by atoms with Gasteiger partial charge in [-0.05, 0) is 18.3 Å². The first kappa shape index (κ1) is 12.7. The third-order valence-electron chi connectivity index (χ3n) is 4.00. The number of hydrogen-bond donors (Lipinski definition) is 0. The molecule has 1 aliphatic heterocycles. The quantitative estimate of drug-likeness (QED) is 0.715. The van der Waals surface area contributed by atoms with Crippen LogP contribution in [0.1, 0.15) is 47.5 Å². The van der Waals surface area contributed by atoms with Gasteiger partial charge in [-0.15, -0.1) is 0 Å². The molecule has 0 aliphatic carbocycles. The Morgan fingerprint density at radius 3 is 2.53 bits per heavy atom. The van der Waals surface area contributed by atoms with E-state index in [9.17, 15) is 4.79 Å². The van der Waals surface area contributed by atoms with Crippen molar-refractivity contribution in [1.82, 2.24) is 4.90 Å². The average molecular weight is 211 g/mol. The molecular formula is C13H25NO. The minimum atomic E-state index is 0.342. The van der Waals surface area contributed by atoms with E-state index < -0.39 is 0 Å². The van der Waals surface area contributed by atoms with E-state index in [4.69, 9.17) is 0 Å². The summed E-state index contributed by atoms with van der Waals surface area (Å²) in [5.74, 6) is 1.11. The summed E-state index contributed by atoms with van der Waals surface area (Å²) in [7, 11) is 0. The van der Waals surface area contributed by atoms with Crippen molar-refractivity contribution in [3.05, 3.63) is 0 Å². The molecule has 0 aromatic heterocycles. The van der Waals surface area contributed by atoms with Crippen LogP contribution in [0.5, 0.6) is 0 Å². The van der Waals surface area contributed by atoms with Gasteiger partial charge in [-0.2, -0.15) is 0 Å². The van der Waals surface area contributed by atoms with Gasteiger partial charge < -0.3 is 0 Å². The van der Waals surface area contributed by atoms with Crippen LogP contribution in [0.15, 0.2) is 0 Å². The van der Waals surface area contributed by atoms with Crippen molar-refractivity contribution in [3.63, 3.8) is 0 Å². The van der Waals surface area contributed by atoms with Crippen LogP contribution in [0.3, 0.4) is 0 Å². The lowest BCUT2D eigenvalue weighted by molar-refractivity contribution is -0.123. The Bertz CT molecular complexity index is 233. The van der Waals surface area contributed by atoms with E-state index in [1.807, 2.05) is 0 Å². The maximum atomic E-state index is 11.3. The second-order valence-corrected chi connectivity index (χ2v) is 5.96.